The number of benzene rings is 1. The highest BCUT2D eigenvalue weighted by Crippen LogP contribution is 2.64. The highest BCUT2D eigenvalue weighted by molar-refractivity contribution is 5.62. The van der Waals surface area contributed by atoms with Crippen LogP contribution >= 0.6 is 0 Å². The summed E-state index contributed by atoms with van der Waals surface area (Å²) in [6, 6.07) is 4.06. The molecule has 5 rings (SSSR count). The first kappa shape index (κ1) is 13.2. The number of methoxy groups -OCH3 is 1. The molecule has 5 nitrogen and oxygen atoms in total. The van der Waals surface area contributed by atoms with Crippen LogP contribution < -0.4 is 14.8 Å². The lowest BCUT2D eigenvalue weighted by Crippen LogP contribution is -2.76. The second kappa shape index (κ2) is 3.96. The van der Waals surface area contributed by atoms with Crippen LogP contribution in [-0.2, 0) is 11.8 Å². The van der Waals surface area contributed by atoms with Gasteiger partial charge in [-0.15, -0.1) is 0 Å². The summed E-state index contributed by atoms with van der Waals surface area (Å²) >= 11 is 0. The summed E-state index contributed by atoms with van der Waals surface area (Å²) in [7, 11) is 1.64. The van der Waals surface area contributed by atoms with Crippen LogP contribution in [0.2, 0.25) is 0 Å². The van der Waals surface area contributed by atoms with Gasteiger partial charge in [0.05, 0.1) is 24.2 Å². The van der Waals surface area contributed by atoms with Crippen molar-refractivity contribution in [1.29, 1.82) is 0 Å². The van der Waals surface area contributed by atoms with Crippen molar-refractivity contribution < 1.29 is 19.7 Å². The third-order valence-electron chi connectivity index (χ3n) is 6.46. The zero-order valence-corrected chi connectivity index (χ0v) is 12.6. The molecule has 1 saturated heterocycles. The number of aliphatic hydroxyl groups is 2. The highest BCUT2D eigenvalue weighted by atomic mass is 16.5. The monoisotopic (exact) mass is 303 g/mol. The van der Waals surface area contributed by atoms with Crippen LogP contribution in [0.4, 0.5) is 0 Å². The quantitative estimate of drug-likeness (QED) is 0.705. The van der Waals surface area contributed by atoms with Crippen molar-refractivity contribution in [3.05, 3.63) is 23.3 Å². The van der Waals surface area contributed by atoms with Gasteiger partial charge in [0.2, 0.25) is 0 Å². The first-order valence-electron chi connectivity index (χ1n) is 8.12. The zero-order chi connectivity index (χ0) is 15.1. The number of ether oxygens (including phenoxy) is 2. The summed E-state index contributed by atoms with van der Waals surface area (Å²) in [5.41, 5.74) is 0.961. The molecule has 1 aromatic rings. The third kappa shape index (κ3) is 1.21. The Morgan fingerprint density at radius 3 is 3.05 bits per heavy atom. The van der Waals surface area contributed by atoms with Gasteiger partial charge in [0.1, 0.15) is 6.10 Å². The summed E-state index contributed by atoms with van der Waals surface area (Å²) in [6.07, 6.45) is 1.86. The lowest BCUT2D eigenvalue weighted by Gasteiger charge is -2.61. The lowest BCUT2D eigenvalue weighted by atomic mass is 9.49. The lowest BCUT2D eigenvalue weighted by molar-refractivity contribution is -0.179. The largest absolute Gasteiger partial charge is 0.493 e. The van der Waals surface area contributed by atoms with Crippen LogP contribution in [0.5, 0.6) is 11.5 Å². The molecule has 0 radical (unpaired) electrons. The van der Waals surface area contributed by atoms with Gasteiger partial charge >= 0.3 is 0 Å². The van der Waals surface area contributed by atoms with Crippen molar-refractivity contribution in [2.24, 2.45) is 0 Å². The van der Waals surface area contributed by atoms with E-state index < -0.39 is 17.1 Å². The Bertz CT molecular complexity index is 662. The normalized spacial score (nSPS) is 44.2. The first-order chi connectivity index (χ1) is 10.6. The van der Waals surface area contributed by atoms with Crippen LogP contribution in [0.1, 0.15) is 30.4 Å². The Morgan fingerprint density at radius 1 is 1.36 bits per heavy atom. The molecule has 1 spiro atoms. The summed E-state index contributed by atoms with van der Waals surface area (Å²) in [5.74, 6) is 1.44. The van der Waals surface area contributed by atoms with E-state index in [9.17, 15) is 10.2 Å². The third-order valence-corrected chi connectivity index (χ3v) is 6.46. The van der Waals surface area contributed by atoms with Crippen LogP contribution in [0, 0.1) is 0 Å². The standard InChI is InChI=1S/C17H21NO4/c1-21-11-3-2-9-8-12-17(20)5-4-10(19)15-16(17,6-7-18-12)13(9)14(11)22-15/h2-3,10,12,15,18-20H,4-8H2,1H3/t10-,12?,15+,16+,17-/m1/s1. The van der Waals surface area contributed by atoms with Crippen molar-refractivity contribution in [2.45, 2.75) is 54.9 Å². The molecule has 2 heterocycles. The maximum Gasteiger partial charge on any atom is 0.166 e. The minimum absolute atomic E-state index is 0.0340. The van der Waals surface area contributed by atoms with Gasteiger partial charge in [0.15, 0.2) is 11.5 Å². The highest BCUT2D eigenvalue weighted by Gasteiger charge is 2.71. The molecule has 2 aliphatic carbocycles. The Hall–Kier alpha value is -1.30. The van der Waals surface area contributed by atoms with Gasteiger partial charge in [-0.2, -0.15) is 0 Å². The Labute approximate surface area is 129 Å². The molecule has 2 bridgehead atoms. The van der Waals surface area contributed by atoms with Gasteiger partial charge in [0, 0.05) is 11.6 Å². The molecule has 3 N–H and O–H groups in total. The van der Waals surface area contributed by atoms with Crippen LogP contribution in [0.15, 0.2) is 12.1 Å². The number of hydrogen-bond acceptors (Lipinski definition) is 5. The van der Waals surface area contributed by atoms with Gasteiger partial charge in [-0.3, -0.25) is 0 Å². The minimum Gasteiger partial charge on any atom is -0.493 e. The molecular formula is C17H21NO4. The molecule has 5 atom stereocenters. The Balaban J connectivity index is 1.85. The van der Waals surface area contributed by atoms with Crippen molar-refractivity contribution in [3.8, 4) is 11.5 Å². The molecule has 1 unspecified atom stereocenters. The SMILES string of the molecule is COc1ccc2c3c1O[C@H]1[C@H](O)CC[C@@]4(O)C(C2)NCC[C@]314. The van der Waals surface area contributed by atoms with E-state index in [-0.39, 0.29) is 12.1 Å². The van der Waals surface area contributed by atoms with E-state index in [4.69, 9.17) is 9.47 Å². The smallest absolute Gasteiger partial charge is 0.166 e. The first-order valence-corrected chi connectivity index (χ1v) is 8.12. The molecule has 5 heteroatoms. The second-order valence-electron chi connectivity index (χ2n) is 7.13. The van der Waals surface area contributed by atoms with Gasteiger partial charge in [-0.25, -0.2) is 0 Å². The fourth-order valence-electron chi connectivity index (χ4n) is 5.57. The van der Waals surface area contributed by atoms with Gasteiger partial charge < -0.3 is 25.0 Å². The number of nitrogens with one attached hydrogen (secondary N) is 1. The molecule has 1 aromatic carbocycles. The average Bonchev–Trinajstić information content (AvgIpc) is 2.85. The predicted octanol–water partition coefficient (Wildman–Crippen LogP) is 0.498. The fourth-order valence-corrected chi connectivity index (χ4v) is 5.57. The summed E-state index contributed by atoms with van der Waals surface area (Å²) in [5, 5.41) is 25.7. The van der Waals surface area contributed by atoms with Gasteiger partial charge in [-0.1, -0.05) is 6.07 Å². The predicted molar refractivity (Wildman–Crippen MR) is 79.4 cm³/mol. The second-order valence-corrected chi connectivity index (χ2v) is 7.13. The van der Waals surface area contributed by atoms with E-state index in [0.29, 0.717) is 18.6 Å². The van der Waals surface area contributed by atoms with E-state index >= 15 is 0 Å². The Kier molecular flexibility index (Phi) is 2.37. The van der Waals surface area contributed by atoms with Gasteiger partial charge in [-0.05, 0) is 43.9 Å². The van der Waals surface area contributed by atoms with Gasteiger partial charge in [0.25, 0.3) is 0 Å². The maximum atomic E-state index is 11.6. The number of hydrogen-bond donors (Lipinski definition) is 3. The van der Waals surface area contributed by atoms with Crippen LogP contribution in [-0.4, -0.2) is 47.7 Å². The number of rotatable bonds is 1. The van der Waals surface area contributed by atoms with E-state index in [1.165, 1.54) is 5.56 Å². The molecule has 0 aromatic heterocycles. The van der Waals surface area contributed by atoms with Crippen LogP contribution in [0.3, 0.4) is 0 Å². The molecule has 2 aliphatic heterocycles. The molecule has 0 amide bonds. The summed E-state index contributed by atoms with van der Waals surface area (Å²) in [4.78, 5) is 0. The Morgan fingerprint density at radius 2 is 2.23 bits per heavy atom. The molecular weight excluding hydrogens is 282 g/mol. The number of aliphatic hydroxyl groups excluding tert-OH is 1. The van der Waals surface area contributed by atoms with E-state index in [1.807, 2.05) is 6.07 Å². The molecule has 2 fully saturated rings. The van der Waals surface area contributed by atoms with Crippen molar-refractivity contribution >= 4 is 0 Å². The average molecular weight is 303 g/mol. The minimum atomic E-state index is -0.847. The topological polar surface area (TPSA) is 71.0 Å². The zero-order valence-electron chi connectivity index (χ0n) is 12.6. The molecule has 22 heavy (non-hydrogen) atoms. The molecule has 4 aliphatic rings. The van der Waals surface area contributed by atoms with Crippen molar-refractivity contribution in [2.75, 3.05) is 13.7 Å². The summed E-state index contributed by atoms with van der Waals surface area (Å²) < 4.78 is 11.7. The fraction of sp³-hybridized carbons (Fsp3) is 0.647. The van der Waals surface area contributed by atoms with E-state index in [0.717, 1.165) is 30.7 Å². The van der Waals surface area contributed by atoms with Crippen molar-refractivity contribution in [3.63, 3.8) is 0 Å². The van der Waals surface area contributed by atoms with Crippen LogP contribution in [0.25, 0.3) is 0 Å². The van der Waals surface area contributed by atoms with E-state index in [1.54, 1.807) is 7.11 Å². The maximum absolute atomic E-state index is 11.6. The summed E-state index contributed by atoms with van der Waals surface area (Å²) in [6.45, 7) is 0.843. The molecule has 118 valence electrons. The molecule has 1 saturated carbocycles. The van der Waals surface area contributed by atoms with E-state index in [2.05, 4.69) is 11.4 Å². The van der Waals surface area contributed by atoms with Crippen molar-refractivity contribution in [1.82, 2.24) is 5.32 Å². The number of piperidine rings is 1.